The molecule has 1 aromatic carbocycles. The monoisotopic (exact) mass is 366 g/mol. The lowest BCUT2D eigenvalue weighted by Gasteiger charge is -2.08. The quantitative estimate of drug-likeness (QED) is 0.684. The van der Waals surface area contributed by atoms with E-state index in [0.717, 1.165) is 4.47 Å². The first-order chi connectivity index (χ1) is 5.88. The third kappa shape index (κ3) is 3.72. The highest BCUT2D eigenvalue weighted by molar-refractivity contribution is 14.1. The van der Waals surface area contributed by atoms with E-state index in [1.165, 1.54) is 18.2 Å². The average Bonchev–Trinajstić information content (AvgIpc) is 1.94. The van der Waals surface area contributed by atoms with Gasteiger partial charge in [-0.2, -0.15) is 0 Å². The Kier molecular flexibility index (Phi) is 3.44. The van der Waals surface area contributed by atoms with Crippen molar-refractivity contribution in [3.05, 3.63) is 26.2 Å². The molecule has 0 saturated heterocycles. The topological polar surface area (TPSA) is 9.23 Å². The zero-order valence-electron chi connectivity index (χ0n) is 6.03. The molecular formula is C7H3BrF3IO. The SMILES string of the molecule is FC(F)(F)Oc1ccc(Br)c(I)c1. The van der Waals surface area contributed by atoms with Crippen molar-refractivity contribution in [3.63, 3.8) is 0 Å². The first-order valence-corrected chi connectivity index (χ1v) is 4.96. The molecule has 0 fully saturated rings. The van der Waals surface area contributed by atoms with Gasteiger partial charge in [0.15, 0.2) is 0 Å². The Hall–Kier alpha value is 0.0200. The van der Waals surface area contributed by atoms with Crippen LogP contribution in [0.1, 0.15) is 0 Å². The standard InChI is InChI=1S/C7H3BrF3IO/c8-5-2-1-4(3-6(5)12)13-7(9,10)11/h1-3H. The summed E-state index contributed by atoms with van der Waals surface area (Å²) < 4.78 is 40.3. The first-order valence-electron chi connectivity index (χ1n) is 3.09. The van der Waals surface area contributed by atoms with E-state index < -0.39 is 6.36 Å². The molecule has 0 bridgehead atoms. The lowest BCUT2D eigenvalue weighted by atomic mass is 10.3. The largest absolute Gasteiger partial charge is 0.573 e. The fourth-order valence-corrected chi connectivity index (χ4v) is 1.41. The summed E-state index contributed by atoms with van der Waals surface area (Å²) >= 11 is 5.07. The van der Waals surface area contributed by atoms with E-state index in [0.29, 0.717) is 3.57 Å². The maximum Gasteiger partial charge on any atom is 0.573 e. The van der Waals surface area contributed by atoms with Crippen molar-refractivity contribution in [1.29, 1.82) is 0 Å². The molecule has 0 aliphatic carbocycles. The van der Waals surface area contributed by atoms with Gasteiger partial charge in [0.25, 0.3) is 0 Å². The predicted octanol–water partition coefficient (Wildman–Crippen LogP) is 3.95. The van der Waals surface area contributed by atoms with Crippen molar-refractivity contribution < 1.29 is 17.9 Å². The summed E-state index contributed by atoms with van der Waals surface area (Å²) in [6, 6.07) is 4.06. The number of halogens is 5. The van der Waals surface area contributed by atoms with E-state index in [9.17, 15) is 13.2 Å². The number of ether oxygens (including phenoxy) is 1. The summed E-state index contributed by atoms with van der Waals surface area (Å²) in [5, 5.41) is 0. The Labute approximate surface area is 94.5 Å². The molecule has 0 atom stereocenters. The summed E-state index contributed by atoms with van der Waals surface area (Å²) in [7, 11) is 0. The molecule has 13 heavy (non-hydrogen) atoms. The number of rotatable bonds is 1. The van der Waals surface area contributed by atoms with E-state index in [1.54, 1.807) is 0 Å². The fraction of sp³-hybridized carbons (Fsp3) is 0.143. The molecule has 0 unspecified atom stereocenters. The molecule has 0 amide bonds. The van der Waals surface area contributed by atoms with Crippen LogP contribution in [0.4, 0.5) is 13.2 Å². The van der Waals surface area contributed by atoms with E-state index >= 15 is 0 Å². The van der Waals surface area contributed by atoms with Crippen LogP contribution >= 0.6 is 38.5 Å². The Morgan fingerprint density at radius 3 is 2.38 bits per heavy atom. The van der Waals surface area contributed by atoms with Crippen LogP contribution in [-0.2, 0) is 0 Å². The third-order valence-electron chi connectivity index (χ3n) is 1.12. The number of alkyl halides is 3. The lowest BCUT2D eigenvalue weighted by Crippen LogP contribution is -2.17. The lowest BCUT2D eigenvalue weighted by molar-refractivity contribution is -0.274. The van der Waals surface area contributed by atoms with E-state index in [1.807, 2.05) is 22.6 Å². The minimum Gasteiger partial charge on any atom is -0.406 e. The number of hydrogen-bond acceptors (Lipinski definition) is 1. The van der Waals surface area contributed by atoms with Crippen molar-refractivity contribution in [2.45, 2.75) is 6.36 Å². The van der Waals surface area contributed by atoms with Gasteiger partial charge in [0.1, 0.15) is 5.75 Å². The molecule has 0 N–H and O–H groups in total. The molecule has 0 aromatic heterocycles. The second-order valence-electron chi connectivity index (χ2n) is 2.12. The van der Waals surface area contributed by atoms with Crippen molar-refractivity contribution >= 4 is 38.5 Å². The summed E-state index contributed by atoms with van der Waals surface area (Å²) in [5.74, 6) is -0.208. The molecule has 1 nitrogen and oxygen atoms in total. The average molecular weight is 367 g/mol. The van der Waals surface area contributed by atoms with Crippen LogP contribution in [-0.4, -0.2) is 6.36 Å². The van der Waals surface area contributed by atoms with Gasteiger partial charge < -0.3 is 4.74 Å². The van der Waals surface area contributed by atoms with E-state index in [4.69, 9.17) is 0 Å². The van der Waals surface area contributed by atoms with Crippen molar-refractivity contribution in [2.24, 2.45) is 0 Å². The minimum atomic E-state index is -4.63. The summed E-state index contributed by atoms with van der Waals surface area (Å²) in [4.78, 5) is 0. The Balaban J connectivity index is 2.86. The molecule has 0 saturated carbocycles. The predicted molar refractivity (Wildman–Crippen MR) is 53.5 cm³/mol. The van der Waals surface area contributed by atoms with Gasteiger partial charge in [-0.15, -0.1) is 13.2 Å². The van der Waals surface area contributed by atoms with Crippen LogP contribution in [0.2, 0.25) is 0 Å². The highest BCUT2D eigenvalue weighted by Gasteiger charge is 2.31. The van der Waals surface area contributed by atoms with Crippen LogP contribution in [0, 0.1) is 3.57 Å². The van der Waals surface area contributed by atoms with Gasteiger partial charge in [0, 0.05) is 8.04 Å². The summed E-state index contributed by atoms with van der Waals surface area (Å²) in [5.41, 5.74) is 0. The van der Waals surface area contributed by atoms with Crippen LogP contribution in [0.5, 0.6) is 5.75 Å². The first kappa shape index (κ1) is 11.1. The maximum atomic E-state index is 11.7. The molecule has 0 spiro atoms. The summed E-state index contributed by atoms with van der Waals surface area (Å²) in [6.07, 6.45) is -4.63. The number of hydrogen-bond donors (Lipinski definition) is 0. The van der Waals surface area contributed by atoms with Crippen molar-refractivity contribution in [2.75, 3.05) is 0 Å². The van der Waals surface area contributed by atoms with Crippen molar-refractivity contribution in [1.82, 2.24) is 0 Å². The molecular weight excluding hydrogens is 364 g/mol. The zero-order chi connectivity index (χ0) is 10.1. The van der Waals surface area contributed by atoms with E-state index in [2.05, 4.69) is 20.7 Å². The highest BCUT2D eigenvalue weighted by atomic mass is 127. The van der Waals surface area contributed by atoms with Gasteiger partial charge in [-0.3, -0.25) is 0 Å². The second-order valence-corrected chi connectivity index (χ2v) is 4.14. The molecule has 0 heterocycles. The maximum absolute atomic E-state index is 11.7. The van der Waals surface area contributed by atoms with Crippen LogP contribution in [0.15, 0.2) is 22.7 Å². The van der Waals surface area contributed by atoms with E-state index in [-0.39, 0.29) is 5.75 Å². The number of benzene rings is 1. The Morgan fingerprint density at radius 1 is 1.31 bits per heavy atom. The fourth-order valence-electron chi connectivity index (χ4n) is 0.674. The molecule has 72 valence electrons. The Bertz CT molecular complexity index is 313. The van der Waals surface area contributed by atoms with Gasteiger partial charge in [0.05, 0.1) is 0 Å². The molecule has 0 radical (unpaired) electrons. The van der Waals surface area contributed by atoms with Gasteiger partial charge in [0.2, 0.25) is 0 Å². The van der Waals surface area contributed by atoms with Crippen LogP contribution < -0.4 is 4.74 Å². The van der Waals surface area contributed by atoms with Gasteiger partial charge in [-0.25, -0.2) is 0 Å². The smallest absolute Gasteiger partial charge is 0.406 e. The van der Waals surface area contributed by atoms with Gasteiger partial charge >= 0.3 is 6.36 Å². The van der Waals surface area contributed by atoms with Crippen LogP contribution in [0.3, 0.4) is 0 Å². The highest BCUT2D eigenvalue weighted by Crippen LogP contribution is 2.27. The molecule has 1 rings (SSSR count). The molecule has 1 aromatic rings. The normalized spacial score (nSPS) is 11.5. The molecule has 0 aliphatic rings. The third-order valence-corrected chi connectivity index (χ3v) is 3.45. The zero-order valence-corrected chi connectivity index (χ0v) is 9.77. The molecule has 6 heteroatoms. The van der Waals surface area contributed by atoms with Crippen LogP contribution in [0.25, 0.3) is 0 Å². The Morgan fingerprint density at radius 2 is 1.92 bits per heavy atom. The second kappa shape index (κ2) is 4.04. The minimum absolute atomic E-state index is 0.208. The van der Waals surface area contributed by atoms with Gasteiger partial charge in [-0.05, 0) is 56.7 Å². The molecule has 0 aliphatic heterocycles. The van der Waals surface area contributed by atoms with Gasteiger partial charge in [-0.1, -0.05) is 0 Å². The summed E-state index contributed by atoms with van der Waals surface area (Å²) in [6.45, 7) is 0. The van der Waals surface area contributed by atoms with Crippen molar-refractivity contribution in [3.8, 4) is 5.75 Å².